The van der Waals surface area contributed by atoms with E-state index in [4.69, 9.17) is 4.74 Å². The SMILES string of the molecule is CC(C)(C)OC(=O)N1CC[C@H](NC=O)C1. The van der Waals surface area contributed by atoms with Crippen LogP contribution in [0.25, 0.3) is 0 Å². The van der Waals surface area contributed by atoms with Gasteiger partial charge in [-0.2, -0.15) is 0 Å². The van der Waals surface area contributed by atoms with Crippen molar-refractivity contribution >= 4 is 12.5 Å². The third-order valence-corrected chi connectivity index (χ3v) is 2.14. The molecule has 15 heavy (non-hydrogen) atoms. The first-order valence-electron chi connectivity index (χ1n) is 5.10. The zero-order chi connectivity index (χ0) is 11.5. The molecule has 86 valence electrons. The number of nitrogens with one attached hydrogen (secondary N) is 1. The Balaban J connectivity index is 2.40. The van der Waals surface area contributed by atoms with E-state index in [0.717, 1.165) is 6.42 Å². The van der Waals surface area contributed by atoms with Gasteiger partial charge in [-0.25, -0.2) is 4.79 Å². The van der Waals surface area contributed by atoms with Gasteiger partial charge in [-0.3, -0.25) is 4.79 Å². The molecule has 0 saturated carbocycles. The number of likely N-dealkylation sites (tertiary alicyclic amines) is 1. The minimum Gasteiger partial charge on any atom is -0.444 e. The van der Waals surface area contributed by atoms with E-state index >= 15 is 0 Å². The predicted octanol–water partition coefficient (Wildman–Crippen LogP) is 0.742. The second-order valence-corrected chi connectivity index (χ2v) is 4.70. The Kier molecular flexibility index (Phi) is 3.55. The highest BCUT2D eigenvalue weighted by molar-refractivity contribution is 5.68. The lowest BCUT2D eigenvalue weighted by Crippen LogP contribution is -2.38. The zero-order valence-corrected chi connectivity index (χ0v) is 9.45. The van der Waals surface area contributed by atoms with Gasteiger partial charge in [0.1, 0.15) is 5.60 Å². The zero-order valence-electron chi connectivity index (χ0n) is 9.45. The van der Waals surface area contributed by atoms with Gasteiger partial charge >= 0.3 is 6.09 Å². The van der Waals surface area contributed by atoms with Crippen LogP contribution in [-0.4, -0.2) is 42.1 Å². The van der Waals surface area contributed by atoms with Gasteiger partial charge in [0.2, 0.25) is 6.41 Å². The highest BCUT2D eigenvalue weighted by atomic mass is 16.6. The van der Waals surface area contributed by atoms with Crippen LogP contribution in [0.2, 0.25) is 0 Å². The predicted molar refractivity (Wildman–Crippen MR) is 55.4 cm³/mol. The van der Waals surface area contributed by atoms with Gasteiger partial charge in [0.15, 0.2) is 0 Å². The molecule has 0 unspecified atom stereocenters. The number of rotatable bonds is 2. The number of carbonyl (C=O) groups is 2. The van der Waals surface area contributed by atoms with Crippen LogP contribution in [-0.2, 0) is 9.53 Å². The Bertz CT molecular complexity index is 248. The van der Waals surface area contributed by atoms with Crippen molar-refractivity contribution in [2.24, 2.45) is 0 Å². The number of hydrogen-bond acceptors (Lipinski definition) is 3. The third-order valence-electron chi connectivity index (χ3n) is 2.14. The molecule has 0 aliphatic carbocycles. The van der Waals surface area contributed by atoms with Crippen LogP contribution < -0.4 is 5.32 Å². The first-order chi connectivity index (χ1) is 6.92. The second-order valence-electron chi connectivity index (χ2n) is 4.70. The summed E-state index contributed by atoms with van der Waals surface area (Å²) in [5, 5.41) is 2.66. The lowest BCUT2D eigenvalue weighted by Gasteiger charge is -2.24. The minimum atomic E-state index is -0.465. The van der Waals surface area contributed by atoms with Crippen LogP contribution in [0.15, 0.2) is 0 Å². The molecule has 1 fully saturated rings. The van der Waals surface area contributed by atoms with Crippen molar-refractivity contribution in [3.63, 3.8) is 0 Å². The van der Waals surface area contributed by atoms with E-state index in [1.807, 2.05) is 20.8 Å². The molecule has 1 rings (SSSR count). The molecule has 2 amide bonds. The fourth-order valence-electron chi connectivity index (χ4n) is 1.48. The van der Waals surface area contributed by atoms with Gasteiger partial charge in [-0.1, -0.05) is 0 Å². The summed E-state index contributed by atoms with van der Waals surface area (Å²) >= 11 is 0. The van der Waals surface area contributed by atoms with Crippen LogP contribution in [0.5, 0.6) is 0 Å². The van der Waals surface area contributed by atoms with Crippen LogP contribution in [0.4, 0.5) is 4.79 Å². The molecule has 0 aromatic heterocycles. The van der Waals surface area contributed by atoms with Gasteiger partial charge in [-0.15, -0.1) is 0 Å². The van der Waals surface area contributed by atoms with E-state index in [2.05, 4.69) is 5.32 Å². The maximum absolute atomic E-state index is 11.6. The molecular formula is C10H18N2O3. The molecule has 5 heteroatoms. The molecule has 1 aliphatic rings. The lowest BCUT2D eigenvalue weighted by molar-refractivity contribution is -0.110. The molecular weight excluding hydrogens is 196 g/mol. The summed E-state index contributed by atoms with van der Waals surface area (Å²) in [4.78, 5) is 23.4. The fourth-order valence-corrected chi connectivity index (χ4v) is 1.48. The van der Waals surface area contributed by atoms with Crippen molar-refractivity contribution in [2.75, 3.05) is 13.1 Å². The Morgan fingerprint density at radius 1 is 1.53 bits per heavy atom. The summed E-state index contributed by atoms with van der Waals surface area (Å²) in [6, 6.07) is 0.0648. The topological polar surface area (TPSA) is 58.6 Å². The van der Waals surface area contributed by atoms with Gasteiger partial charge in [0.25, 0.3) is 0 Å². The number of carbonyl (C=O) groups excluding carboxylic acids is 2. The van der Waals surface area contributed by atoms with Crippen LogP contribution in [0.3, 0.4) is 0 Å². The van der Waals surface area contributed by atoms with Gasteiger partial charge in [0, 0.05) is 19.1 Å². The molecule has 0 radical (unpaired) electrons. The summed E-state index contributed by atoms with van der Waals surface area (Å²) < 4.78 is 5.22. The maximum atomic E-state index is 11.6. The van der Waals surface area contributed by atoms with Crippen molar-refractivity contribution in [1.29, 1.82) is 0 Å². The van der Waals surface area contributed by atoms with E-state index in [0.29, 0.717) is 19.5 Å². The number of amides is 2. The quantitative estimate of drug-likeness (QED) is 0.690. The van der Waals surface area contributed by atoms with Gasteiger partial charge < -0.3 is 15.0 Å². The minimum absolute atomic E-state index is 0.0648. The third kappa shape index (κ3) is 3.77. The van der Waals surface area contributed by atoms with Crippen molar-refractivity contribution < 1.29 is 14.3 Å². The normalized spacial score (nSPS) is 21.3. The van der Waals surface area contributed by atoms with Crippen LogP contribution >= 0.6 is 0 Å². The lowest BCUT2D eigenvalue weighted by atomic mass is 10.2. The Morgan fingerprint density at radius 2 is 2.20 bits per heavy atom. The van der Waals surface area contributed by atoms with Crippen molar-refractivity contribution in [1.82, 2.24) is 10.2 Å². The highest BCUT2D eigenvalue weighted by Crippen LogP contribution is 2.14. The van der Waals surface area contributed by atoms with Crippen molar-refractivity contribution in [3.05, 3.63) is 0 Å². The maximum Gasteiger partial charge on any atom is 0.410 e. The standard InChI is InChI=1S/C10H18N2O3/c1-10(2,3)15-9(14)12-5-4-8(6-12)11-7-13/h7-8H,4-6H2,1-3H3,(H,11,13)/t8-/m0/s1. The first kappa shape index (κ1) is 11.8. The molecule has 1 atom stereocenters. The molecule has 0 aromatic carbocycles. The second kappa shape index (κ2) is 4.51. The van der Waals surface area contributed by atoms with E-state index in [1.54, 1.807) is 4.90 Å². The summed E-state index contributed by atoms with van der Waals surface area (Å²) in [5.41, 5.74) is -0.465. The number of ether oxygens (including phenoxy) is 1. The fraction of sp³-hybridized carbons (Fsp3) is 0.800. The van der Waals surface area contributed by atoms with Crippen molar-refractivity contribution in [3.8, 4) is 0 Å². The summed E-state index contributed by atoms with van der Waals surface area (Å²) in [5.74, 6) is 0. The average molecular weight is 214 g/mol. The van der Waals surface area contributed by atoms with E-state index < -0.39 is 5.60 Å². The smallest absolute Gasteiger partial charge is 0.410 e. The Labute approximate surface area is 89.8 Å². The summed E-state index contributed by atoms with van der Waals surface area (Å²) in [6.07, 6.45) is 1.15. The largest absolute Gasteiger partial charge is 0.444 e. The first-order valence-corrected chi connectivity index (χ1v) is 5.10. The Hall–Kier alpha value is -1.26. The average Bonchev–Trinajstić information content (AvgIpc) is 2.50. The van der Waals surface area contributed by atoms with Gasteiger partial charge in [0.05, 0.1) is 0 Å². The van der Waals surface area contributed by atoms with Crippen molar-refractivity contribution in [2.45, 2.75) is 38.8 Å². The summed E-state index contributed by atoms with van der Waals surface area (Å²) in [7, 11) is 0. The molecule has 1 aliphatic heterocycles. The Morgan fingerprint density at radius 3 is 2.73 bits per heavy atom. The molecule has 1 heterocycles. The molecule has 0 bridgehead atoms. The van der Waals surface area contributed by atoms with Gasteiger partial charge in [-0.05, 0) is 27.2 Å². The molecule has 0 aromatic rings. The van der Waals surface area contributed by atoms with Crippen LogP contribution in [0.1, 0.15) is 27.2 Å². The van der Waals surface area contributed by atoms with E-state index in [1.165, 1.54) is 0 Å². The number of nitrogens with zero attached hydrogens (tertiary/aromatic N) is 1. The summed E-state index contributed by atoms with van der Waals surface area (Å²) in [6.45, 7) is 6.68. The number of hydrogen-bond donors (Lipinski definition) is 1. The van der Waals surface area contributed by atoms with Crippen LogP contribution in [0, 0.1) is 0 Å². The molecule has 1 saturated heterocycles. The monoisotopic (exact) mass is 214 g/mol. The van der Waals surface area contributed by atoms with E-state index in [-0.39, 0.29) is 12.1 Å². The molecule has 5 nitrogen and oxygen atoms in total. The van der Waals surface area contributed by atoms with E-state index in [9.17, 15) is 9.59 Å². The molecule has 0 spiro atoms. The highest BCUT2D eigenvalue weighted by Gasteiger charge is 2.29. The molecule has 1 N–H and O–H groups in total.